The zero-order chi connectivity index (χ0) is 15.9. The Morgan fingerprint density at radius 1 is 1.55 bits per heavy atom. The molecule has 2 rings (SSSR count). The van der Waals surface area contributed by atoms with Crippen LogP contribution in [0.1, 0.15) is 24.6 Å². The molecule has 1 aliphatic heterocycles. The van der Waals surface area contributed by atoms with Crippen LogP contribution in [0.2, 0.25) is 0 Å². The lowest BCUT2D eigenvalue weighted by Gasteiger charge is -2.33. The van der Waals surface area contributed by atoms with E-state index in [0.29, 0.717) is 6.54 Å². The predicted octanol–water partition coefficient (Wildman–Crippen LogP) is 2.86. The first-order chi connectivity index (χ1) is 10.6. The molecule has 0 spiro atoms. The Bertz CT molecular complexity index is 525. The molecular weight excluding hydrogens is 366 g/mol. The first-order valence-electron chi connectivity index (χ1n) is 7.48. The summed E-state index contributed by atoms with van der Waals surface area (Å²) >= 11 is 5.17. The van der Waals surface area contributed by atoms with Crippen molar-refractivity contribution < 1.29 is 9.53 Å². The molecule has 1 aromatic rings. The number of ether oxygens (including phenoxy) is 1. The summed E-state index contributed by atoms with van der Waals surface area (Å²) in [6, 6.07) is 2.10. The van der Waals surface area contributed by atoms with Gasteiger partial charge in [-0.1, -0.05) is 0 Å². The summed E-state index contributed by atoms with van der Waals surface area (Å²) in [5, 5.41) is 5.41. The van der Waals surface area contributed by atoms with Crippen molar-refractivity contribution in [1.82, 2.24) is 10.2 Å². The Labute approximate surface area is 143 Å². The molecule has 0 saturated carbocycles. The molecule has 0 aromatic carbocycles. The number of esters is 1. The van der Waals surface area contributed by atoms with Crippen molar-refractivity contribution in [3.05, 3.63) is 20.8 Å². The molecule has 0 aliphatic carbocycles. The summed E-state index contributed by atoms with van der Waals surface area (Å²) in [6.07, 6.45) is 1.64. The minimum atomic E-state index is -0.0926. The van der Waals surface area contributed by atoms with Crippen LogP contribution in [-0.2, 0) is 16.1 Å². The largest absolute Gasteiger partial charge is 0.469 e. The first kappa shape index (κ1) is 17.3. The number of hydrogen-bond donors (Lipinski definition) is 1. The second-order valence-electron chi connectivity index (χ2n) is 5.19. The molecule has 0 bridgehead atoms. The molecule has 2 heterocycles. The molecule has 0 radical (unpaired) electrons. The summed E-state index contributed by atoms with van der Waals surface area (Å²) in [6.45, 7) is 5.25. The van der Waals surface area contributed by atoms with E-state index < -0.39 is 0 Å². The van der Waals surface area contributed by atoms with Gasteiger partial charge in [0.1, 0.15) is 0 Å². The van der Waals surface area contributed by atoms with Crippen molar-refractivity contribution in [1.29, 1.82) is 0 Å². The Kier molecular flexibility index (Phi) is 6.70. The highest BCUT2D eigenvalue weighted by Crippen LogP contribution is 2.21. The number of halogens is 1. The zero-order valence-electron chi connectivity index (χ0n) is 13.0. The first-order valence-corrected chi connectivity index (χ1v) is 9.15. The number of thiophene rings is 1. The van der Waals surface area contributed by atoms with Gasteiger partial charge in [-0.3, -0.25) is 4.79 Å². The molecule has 1 saturated heterocycles. The van der Waals surface area contributed by atoms with Crippen molar-refractivity contribution in [3.63, 3.8) is 0 Å². The lowest BCUT2D eigenvalue weighted by Crippen LogP contribution is -2.46. The van der Waals surface area contributed by atoms with E-state index in [-0.39, 0.29) is 11.9 Å². The van der Waals surface area contributed by atoms with E-state index in [0.717, 1.165) is 42.9 Å². The Balaban J connectivity index is 1.95. The van der Waals surface area contributed by atoms with Gasteiger partial charge in [0.2, 0.25) is 0 Å². The van der Waals surface area contributed by atoms with Crippen LogP contribution < -0.4 is 5.32 Å². The predicted molar refractivity (Wildman–Crippen MR) is 93.1 cm³/mol. The number of carbonyl (C=O) groups excluding carboxylic acids is 1. The monoisotopic (exact) mass is 387 g/mol. The van der Waals surface area contributed by atoms with E-state index in [2.05, 4.69) is 44.5 Å². The fourth-order valence-corrected chi connectivity index (χ4v) is 3.88. The van der Waals surface area contributed by atoms with E-state index in [1.165, 1.54) is 12.0 Å². The van der Waals surface area contributed by atoms with Gasteiger partial charge in [-0.2, -0.15) is 0 Å². The van der Waals surface area contributed by atoms with E-state index in [1.807, 2.05) is 0 Å². The molecule has 0 unspecified atom stereocenters. The van der Waals surface area contributed by atoms with Gasteiger partial charge in [-0.15, -0.1) is 11.3 Å². The van der Waals surface area contributed by atoms with Crippen LogP contribution in [0.15, 0.2) is 20.9 Å². The smallest absolute Gasteiger partial charge is 0.308 e. The van der Waals surface area contributed by atoms with E-state index in [4.69, 9.17) is 9.73 Å². The second-order valence-corrected chi connectivity index (χ2v) is 7.10. The van der Waals surface area contributed by atoms with Gasteiger partial charge in [0.15, 0.2) is 5.96 Å². The number of hydrogen-bond acceptors (Lipinski definition) is 4. The third kappa shape index (κ3) is 4.71. The molecular formula is C15H22BrN3O2S. The zero-order valence-corrected chi connectivity index (χ0v) is 15.4. The maximum absolute atomic E-state index is 11.6. The minimum absolute atomic E-state index is 0.0253. The SMILES string of the molecule is CCNC(=NCc1cc(Br)cs1)N1CCC(C(=O)OC)CC1. The van der Waals surface area contributed by atoms with E-state index in [9.17, 15) is 4.79 Å². The Morgan fingerprint density at radius 3 is 2.82 bits per heavy atom. The average molecular weight is 388 g/mol. The Morgan fingerprint density at radius 2 is 2.27 bits per heavy atom. The second kappa shape index (κ2) is 8.53. The minimum Gasteiger partial charge on any atom is -0.469 e. The van der Waals surface area contributed by atoms with Crippen molar-refractivity contribution in [3.8, 4) is 0 Å². The van der Waals surface area contributed by atoms with Gasteiger partial charge in [-0.25, -0.2) is 4.99 Å². The summed E-state index contributed by atoms with van der Waals surface area (Å²) in [5.74, 6) is 0.859. The number of aliphatic imine (C=N–C) groups is 1. The van der Waals surface area contributed by atoms with Crippen LogP contribution in [0.3, 0.4) is 0 Å². The van der Waals surface area contributed by atoms with Crippen LogP contribution >= 0.6 is 27.3 Å². The van der Waals surface area contributed by atoms with Crippen LogP contribution in [0, 0.1) is 5.92 Å². The van der Waals surface area contributed by atoms with Gasteiger partial charge in [0.25, 0.3) is 0 Å². The maximum Gasteiger partial charge on any atom is 0.308 e. The average Bonchev–Trinajstić information content (AvgIpc) is 2.96. The standard InChI is InChI=1S/C15H22BrN3O2S/c1-3-17-15(18-9-13-8-12(16)10-22-13)19-6-4-11(5-7-19)14(20)21-2/h8,10-11H,3-7,9H2,1-2H3,(H,17,18). The molecule has 1 N–H and O–H groups in total. The molecule has 22 heavy (non-hydrogen) atoms. The van der Waals surface area contributed by atoms with Crippen molar-refractivity contribution in [2.75, 3.05) is 26.7 Å². The lowest BCUT2D eigenvalue weighted by molar-refractivity contribution is -0.146. The maximum atomic E-state index is 11.6. The van der Waals surface area contributed by atoms with Crippen molar-refractivity contribution >= 4 is 39.2 Å². The number of nitrogens with one attached hydrogen (secondary N) is 1. The molecule has 1 aliphatic rings. The van der Waals surface area contributed by atoms with Gasteiger partial charge < -0.3 is 15.0 Å². The summed E-state index contributed by atoms with van der Waals surface area (Å²) in [4.78, 5) is 19.8. The topological polar surface area (TPSA) is 53.9 Å². The van der Waals surface area contributed by atoms with Crippen LogP contribution in [0.25, 0.3) is 0 Å². The molecule has 0 atom stereocenters. The van der Waals surface area contributed by atoms with Gasteiger partial charge in [0, 0.05) is 34.4 Å². The number of guanidine groups is 1. The van der Waals surface area contributed by atoms with Gasteiger partial charge >= 0.3 is 5.97 Å². The third-order valence-electron chi connectivity index (χ3n) is 3.67. The van der Waals surface area contributed by atoms with Crippen LogP contribution in [0.4, 0.5) is 0 Å². The molecule has 1 fully saturated rings. The molecule has 122 valence electrons. The summed E-state index contributed by atoms with van der Waals surface area (Å²) in [5.41, 5.74) is 0. The van der Waals surface area contributed by atoms with Crippen molar-refractivity contribution in [2.45, 2.75) is 26.3 Å². The summed E-state index contributed by atoms with van der Waals surface area (Å²) < 4.78 is 5.94. The number of methoxy groups -OCH3 is 1. The number of likely N-dealkylation sites (tertiary alicyclic amines) is 1. The molecule has 0 amide bonds. The third-order valence-corrected chi connectivity index (χ3v) is 5.35. The number of carbonyl (C=O) groups is 1. The van der Waals surface area contributed by atoms with E-state index >= 15 is 0 Å². The number of piperidine rings is 1. The fraction of sp³-hybridized carbons (Fsp3) is 0.600. The van der Waals surface area contributed by atoms with Gasteiger partial charge in [-0.05, 0) is 41.8 Å². The normalized spacial score (nSPS) is 16.7. The number of rotatable bonds is 4. The van der Waals surface area contributed by atoms with Crippen molar-refractivity contribution in [2.24, 2.45) is 10.9 Å². The Hall–Kier alpha value is -1.08. The molecule has 5 nitrogen and oxygen atoms in total. The lowest BCUT2D eigenvalue weighted by atomic mass is 9.97. The number of nitrogens with zero attached hydrogens (tertiary/aromatic N) is 2. The summed E-state index contributed by atoms with van der Waals surface area (Å²) in [7, 11) is 1.46. The quantitative estimate of drug-likeness (QED) is 0.490. The van der Waals surface area contributed by atoms with E-state index in [1.54, 1.807) is 11.3 Å². The van der Waals surface area contributed by atoms with Crippen LogP contribution in [0.5, 0.6) is 0 Å². The van der Waals surface area contributed by atoms with Crippen LogP contribution in [-0.4, -0.2) is 43.6 Å². The van der Waals surface area contributed by atoms with Gasteiger partial charge in [0.05, 0.1) is 19.6 Å². The molecule has 7 heteroatoms. The molecule has 1 aromatic heterocycles. The fourth-order valence-electron chi connectivity index (χ4n) is 2.51. The highest BCUT2D eigenvalue weighted by molar-refractivity contribution is 9.10. The highest BCUT2D eigenvalue weighted by Gasteiger charge is 2.26. The highest BCUT2D eigenvalue weighted by atomic mass is 79.9.